The summed E-state index contributed by atoms with van der Waals surface area (Å²) in [6, 6.07) is 3.51. The molecule has 0 bridgehead atoms. The molecule has 1 N–H and O–H groups in total. The van der Waals surface area contributed by atoms with Gasteiger partial charge in [0.1, 0.15) is 0 Å². The molecule has 3 rings (SSSR count). The fourth-order valence-corrected chi connectivity index (χ4v) is 2.86. The Morgan fingerprint density at radius 3 is 2.95 bits per heavy atom. The SMILES string of the molecule is Cc1nn(Cc2cccnc2F)cc1C1CCNCC1. The Balaban J connectivity index is 1.80. The summed E-state index contributed by atoms with van der Waals surface area (Å²) in [5.74, 6) is 0.160. The van der Waals surface area contributed by atoms with Crippen LogP contribution in [0.25, 0.3) is 0 Å². The first kappa shape index (κ1) is 13.2. The molecule has 0 atom stereocenters. The van der Waals surface area contributed by atoms with Crippen LogP contribution in [0.2, 0.25) is 0 Å². The molecule has 1 aliphatic heterocycles. The van der Waals surface area contributed by atoms with Crippen molar-refractivity contribution in [2.45, 2.75) is 32.2 Å². The smallest absolute Gasteiger partial charge is 0.217 e. The summed E-state index contributed by atoms with van der Waals surface area (Å²) >= 11 is 0. The van der Waals surface area contributed by atoms with Gasteiger partial charge in [-0.1, -0.05) is 6.07 Å². The highest BCUT2D eigenvalue weighted by Gasteiger charge is 2.19. The number of pyridine rings is 1. The van der Waals surface area contributed by atoms with Crippen LogP contribution < -0.4 is 5.32 Å². The molecule has 4 nitrogen and oxygen atoms in total. The van der Waals surface area contributed by atoms with Crippen molar-refractivity contribution >= 4 is 0 Å². The quantitative estimate of drug-likeness (QED) is 0.873. The zero-order valence-corrected chi connectivity index (χ0v) is 11.6. The largest absolute Gasteiger partial charge is 0.317 e. The van der Waals surface area contributed by atoms with Gasteiger partial charge in [-0.3, -0.25) is 4.68 Å². The van der Waals surface area contributed by atoms with E-state index < -0.39 is 5.95 Å². The number of aromatic nitrogens is 3. The second kappa shape index (κ2) is 5.71. The summed E-state index contributed by atoms with van der Waals surface area (Å²) in [5.41, 5.74) is 2.93. The van der Waals surface area contributed by atoms with Gasteiger partial charge in [0.15, 0.2) is 0 Å². The summed E-state index contributed by atoms with van der Waals surface area (Å²) in [4.78, 5) is 3.68. The first-order chi connectivity index (χ1) is 9.74. The van der Waals surface area contributed by atoms with Gasteiger partial charge in [0, 0.05) is 18.0 Å². The molecule has 1 aliphatic rings. The molecule has 20 heavy (non-hydrogen) atoms. The molecule has 2 aromatic rings. The Morgan fingerprint density at radius 1 is 1.40 bits per heavy atom. The van der Waals surface area contributed by atoms with Gasteiger partial charge in [0.25, 0.3) is 0 Å². The first-order valence-electron chi connectivity index (χ1n) is 7.08. The van der Waals surface area contributed by atoms with E-state index in [0.29, 0.717) is 18.0 Å². The summed E-state index contributed by atoms with van der Waals surface area (Å²) in [6.07, 6.45) is 5.83. The Labute approximate surface area is 118 Å². The molecule has 106 valence electrons. The van der Waals surface area contributed by atoms with Crippen LogP contribution in [0.15, 0.2) is 24.5 Å². The summed E-state index contributed by atoms with van der Waals surface area (Å²) in [7, 11) is 0. The van der Waals surface area contributed by atoms with Crippen molar-refractivity contribution in [2.24, 2.45) is 0 Å². The van der Waals surface area contributed by atoms with E-state index in [1.54, 1.807) is 12.1 Å². The maximum atomic E-state index is 13.6. The molecule has 0 unspecified atom stereocenters. The van der Waals surface area contributed by atoms with Crippen molar-refractivity contribution in [2.75, 3.05) is 13.1 Å². The van der Waals surface area contributed by atoms with Crippen LogP contribution >= 0.6 is 0 Å². The highest BCUT2D eigenvalue weighted by Crippen LogP contribution is 2.27. The number of hydrogen-bond donors (Lipinski definition) is 1. The van der Waals surface area contributed by atoms with Gasteiger partial charge >= 0.3 is 0 Å². The predicted molar refractivity (Wildman–Crippen MR) is 75.1 cm³/mol. The molecule has 1 saturated heterocycles. The monoisotopic (exact) mass is 274 g/mol. The molecule has 0 amide bonds. The lowest BCUT2D eigenvalue weighted by atomic mass is 9.91. The molecule has 0 aromatic carbocycles. The molecule has 5 heteroatoms. The van der Waals surface area contributed by atoms with Crippen LogP contribution in [-0.4, -0.2) is 27.9 Å². The van der Waals surface area contributed by atoms with Gasteiger partial charge in [-0.15, -0.1) is 0 Å². The zero-order valence-electron chi connectivity index (χ0n) is 11.6. The van der Waals surface area contributed by atoms with Crippen molar-refractivity contribution in [3.05, 3.63) is 47.3 Å². The second-order valence-electron chi connectivity index (χ2n) is 5.35. The van der Waals surface area contributed by atoms with Gasteiger partial charge in [-0.2, -0.15) is 9.49 Å². The lowest BCUT2D eigenvalue weighted by molar-refractivity contribution is 0.459. The van der Waals surface area contributed by atoms with E-state index in [4.69, 9.17) is 0 Å². The van der Waals surface area contributed by atoms with Crippen LogP contribution in [-0.2, 0) is 6.54 Å². The number of nitrogens with zero attached hydrogens (tertiary/aromatic N) is 3. The van der Waals surface area contributed by atoms with Gasteiger partial charge in [0.05, 0.1) is 12.2 Å². The summed E-state index contributed by atoms with van der Waals surface area (Å²) in [6.45, 7) is 4.60. The highest BCUT2D eigenvalue weighted by molar-refractivity contribution is 5.22. The van der Waals surface area contributed by atoms with Crippen LogP contribution in [0.5, 0.6) is 0 Å². The Kier molecular flexibility index (Phi) is 3.78. The van der Waals surface area contributed by atoms with E-state index in [1.807, 2.05) is 11.6 Å². The number of aryl methyl sites for hydroxylation is 1. The average Bonchev–Trinajstić information content (AvgIpc) is 2.83. The van der Waals surface area contributed by atoms with E-state index in [2.05, 4.69) is 21.6 Å². The topological polar surface area (TPSA) is 42.7 Å². The third-order valence-corrected chi connectivity index (χ3v) is 3.93. The minimum absolute atomic E-state index is 0.413. The van der Waals surface area contributed by atoms with E-state index in [9.17, 15) is 4.39 Å². The maximum Gasteiger partial charge on any atom is 0.217 e. The van der Waals surface area contributed by atoms with E-state index in [1.165, 1.54) is 11.8 Å². The number of hydrogen-bond acceptors (Lipinski definition) is 3. The Morgan fingerprint density at radius 2 is 2.20 bits per heavy atom. The Bertz CT molecular complexity index is 587. The second-order valence-corrected chi connectivity index (χ2v) is 5.35. The molecule has 1 fully saturated rings. The third-order valence-electron chi connectivity index (χ3n) is 3.93. The number of nitrogens with one attached hydrogen (secondary N) is 1. The fourth-order valence-electron chi connectivity index (χ4n) is 2.86. The molecule has 0 saturated carbocycles. The molecule has 3 heterocycles. The minimum Gasteiger partial charge on any atom is -0.317 e. The third kappa shape index (κ3) is 2.72. The van der Waals surface area contributed by atoms with Crippen LogP contribution in [0, 0.1) is 12.9 Å². The highest BCUT2D eigenvalue weighted by atomic mass is 19.1. The maximum absolute atomic E-state index is 13.6. The molecule has 0 spiro atoms. The van der Waals surface area contributed by atoms with Crippen molar-refractivity contribution in [1.29, 1.82) is 0 Å². The van der Waals surface area contributed by atoms with Gasteiger partial charge in [0.2, 0.25) is 5.95 Å². The lowest BCUT2D eigenvalue weighted by Crippen LogP contribution is -2.26. The van der Waals surface area contributed by atoms with Crippen molar-refractivity contribution < 1.29 is 4.39 Å². The average molecular weight is 274 g/mol. The van der Waals surface area contributed by atoms with Crippen LogP contribution in [0.3, 0.4) is 0 Å². The van der Waals surface area contributed by atoms with Crippen LogP contribution in [0.1, 0.15) is 35.6 Å². The number of piperidine rings is 1. The lowest BCUT2D eigenvalue weighted by Gasteiger charge is -2.22. The zero-order chi connectivity index (χ0) is 13.9. The molecular formula is C15H19FN4. The molecule has 0 radical (unpaired) electrons. The molecule has 2 aromatic heterocycles. The number of halogens is 1. The summed E-state index contributed by atoms with van der Waals surface area (Å²) < 4.78 is 15.4. The van der Waals surface area contributed by atoms with E-state index in [-0.39, 0.29) is 0 Å². The molecule has 0 aliphatic carbocycles. The predicted octanol–water partition coefficient (Wildman–Crippen LogP) is 2.24. The standard InChI is InChI=1S/C15H19FN4/c1-11-14(12-4-7-17-8-5-12)10-20(19-11)9-13-3-2-6-18-15(13)16/h2-3,6,10,12,17H,4-5,7-9H2,1H3. The van der Waals surface area contributed by atoms with Crippen molar-refractivity contribution in [1.82, 2.24) is 20.1 Å². The van der Waals surface area contributed by atoms with Gasteiger partial charge < -0.3 is 5.32 Å². The Hall–Kier alpha value is -1.75. The minimum atomic E-state index is -0.413. The number of rotatable bonds is 3. The normalized spacial score (nSPS) is 16.5. The first-order valence-corrected chi connectivity index (χ1v) is 7.08. The van der Waals surface area contributed by atoms with E-state index >= 15 is 0 Å². The van der Waals surface area contributed by atoms with Gasteiger partial charge in [-0.25, -0.2) is 4.98 Å². The van der Waals surface area contributed by atoms with E-state index in [0.717, 1.165) is 31.6 Å². The van der Waals surface area contributed by atoms with Gasteiger partial charge in [-0.05, 0) is 50.4 Å². The fraction of sp³-hybridized carbons (Fsp3) is 0.467. The van der Waals surface area contributed by atoms with Crippen molar-refractivity contribution in [3.63, 3.8) is 0 Å². The molecular weight excluding hydrogens is 255 g/mol. The van der Waals surface area contributed by atoms with Crippen molar-refractivity contribution in [3.8, 4) is 0 Å². The van der Waals surface area contributed by atoms with Crippen LogP contribution in [0.4, 0.5) is 4.39 Å². The summed E-state index contributed by atoms with van der Waals surface area (Å²) in [5, 5.41) is 7.90.